The summed E-state index contributed by atoms with van der Waals surface area (Å²) in [5.74, 6) is -4.65. The summed E-state index contributed by atoms with van der Waals surface area (Å²) in [5, 5.41) is 11.1. The second-order valence-electron chi connectivity index (χ2n) is 15.0. The summed E-state index contributed by atoms with van der Waals surface area (Å²) in [6, 6.07) is 0. The van der Waals surface area contributed by atoms with Crippen molar-refractivity contribution in [2.45, 2.75) is 85.0 Å². The summed E-state index contributed by atoms with van der Waals surface area (Å²) in [4.78, 5) is 92.7. The fourth-order valence-electron chi connectivity index (χ4n) is 6.11. The normalized spacial score (nSPS) is 17.8. The molecule has 4 rings (SSSR count). The molecule has 2 heterocycles. The number of carbonyl (C=O) groups is 7. The molecule has 2 aromatic carbocycles. The largest absolute Gasteiger partial charge is 0.511 e. The smallest absolute Gasteiger partial charge is 0.432 e. The Morgan fingerprint density at radius 3 is 1.69 bits per heavy atom. The molecule has 2 fully saturated rings. The van der Waals surface area contributed by atoms with E-state index in [4.69, 9.17) is 33.2 Å². The van der Waals surface area contributed by atoms with Crippen molar-refractivity contribution >= 4 is 189 Å². The maximum absolute atomic E-state index is 13.8. The highest BCUT2D eigenvalue weighted by molar-refractivity contribution is 14.1. The molecule has 19 nitrogen and oxygen atoms in total. The first-order chi connectivity index (χ1) is 29.7. The van der Waals surface area contributed by atoms with Crippen LogP contribution in [-0.4, -0.2) is 118 Å². The monoisotopic (exact) mass is 1570 g/mol. The van der Waals surface area contributed by atoms with Crippen LogP contribution in [0, 0.1) is 21.4 Å². The molecule has 2 aromatic rings. The number of rotatable bonds is 16. The fourth-order valence-corrected chi connectivity index (χ4v) is 15.2. The minimum Gasteiger partial charge on any atom is -0.432 e. The Hall–Kier alpha value is -1.25. The van der Waals surface area contributed by atoms with Gasteiger partial charge in [0.15, 0.2) is 11.6 Å². The molecule has 3 atom stereocenters. The van der Waals surface area contributed by atoms with Gasteiger partial charge >= 0.3 is 12.1 Å². The number of anilines is 2. The topological polar surface area (TPSA) is 235 Å². The number of halogens is 6. The highest BCUT2D eigenvalue weighted by Gasteiger charge is 2.36. The van der Waals surface area contributed by atoms with Crippen LogP contribution in [0.1, 0.15) is 85.1 Å². The van der Waals surface area contributed by atoms with Gasteiger partial charge in [0.05, 0.1) is 65.0 Å². The number of ether oxygens (including phenoxy) is 7. The number of esters is 1. The van der Waals surface area contributed by atoms with E-state index in [1.165, 1.54) is 32.7 Å². The average molecular weight is 1570 g/mol. The highest BCUT2D eigenvalue weighted by atomic mass is 127. The number of hydrogen-bond acceptors (Lipinski definition) is 14. The second-order valence-corrected chi connectivity index (χ2v) is 21.5. The molecule has 3 unspecified atom stereocenters. The van der Waals surface area contributed by atoms with Crippen LogP contribution < -0.4 is 26.2 Å². The third-order valence-electron chi connectivity index (χ3n) is 9.10. The van der Waals surface area contributed by atoms with Crippen molar-refractivity contribution in [1.82, 2.24) is 16.0 Å². The average Bonchev–Trinajstić information content (AvgIpc) is 3.73. The molecule has 2 saturated heterocycles. The van der Waals surface area contributed by atoms with Gasteiger partial charge in [0.1, 0.15) is 18.8 Å². The maximum Gasteiger partial charge on any atom is 0.511 e. The van der Waals surface area contributed by atoms with Crippen LogP contribution in [-0.2, 0) is 54.0 Å². The van der Waals surface area contributed by atoms with Crippen LogP contribution in [0.25, 0.3) is 0 Å². The zero-order valence-corrected chi connectivity index (χ0v) is 48.6. The summed E-state index contributed by atoms with van der Waals surface area (Å²) in [5.41, 5.74) is 1.55. The van der Waals surface area contributed by atoms with E-state index in [9.17, 15) is 33.6 Å². The van der Waals surface area contributed by atoms with Crippen LogP contribution in [0.4, 0.5) is 16.2 Å². The van der Waals surface area contributed by atoms with E-state index in [0.29, 0.717) is 38.4 Å². The molecule has 0 bridgehead atoms. The molecular weight excluding hydrogens is 1520 g/mol. The Bertz CT molecular complexity index is 2140. The fraction of sp³-hybridized carbons (Fsp3) is 0.513. The van der Waals surface area contributed by atoms with Gasteiger partial charge in [-0.3, -0.25) is 24.0 Å². The summed E-state index contributed by atoms with van der Waals surface area (Å²) < 4.78 is 41.1. The van der Waals surface area contributed by atoms with E-state index in [1.54, 1.807) is 27.7 Å². The first-order valence-electron chi connectivity index (χ1n) is 19.2. The van der Waals surface area contributed by atoms with Crippen LogP contribution >= 0.6 is 136 Å². The van der Waals surface area contributed by atoms with Gasteiger partial charge in [0.2, 0.25) is 24.0 Å². The third kappa shape index (κ3) is 14.6. The first kappa shape index (κ1) is 55.3. The van der Waals surface area contributed by atoms with Crippen LogP contribution in [0.3, 0.4) is 0 Å². The Kier molecular flexibility index (Phi) is 20.6. The molecule has 352 valence electrons. The predicted octanol–water partition coefficient (Wildman–Crippen LogP) is 6.03. The number of amides is 5. The first-order valence-corrected chi connectivity index (χ1v) is 25.6. The molecule has 2 aliphatic rings. The van der Waals surface area contributed by atoms with E-state index in [1.807, 2.05) is 136 Å². The molecule has 5 amide bonds. The number of hydrogen-bond donors (Lipinski definition) is 4. The molecule has 0 aliphatic carbocycles. The third-order valence-corrected chi connectivity index (χ3v) is 15.7. The molecular formula is C39H45I6N5O14. The Morgan fingerprint density at radius 1 is 0.719 bits per heavy atom. The number of benzene rings is 2. The molecule has 2 aliphatic heterocycles. The van der Waals surface area contributed by atoms with Gasteiger partial charge in [-0.15, -0.1) is 0 Å². The zero-order valence-electron chi connectivity index (χ0n) is 35.6. The van der Waals surface area contributed by atoms with Crippen LogP contribution in [0.15, 0.2) is 0 Å². The number of nitrogens with zero attached hydrogens (tertiary/aromatic N) is 1. The molecule has 0 spiro atoms. The van der Waals surface area contributed by atoms with Crippen molar-refractivity contribution in [2.75, 3.05) is 56.7 Å². The van der Waals surface area contributed by atoms with Gasteiger partial charge in [0.25, 0.3) is 11.8 Å². The van der Waals surface area contributed by atoms with Crippen molar-refractivity contribution in [3.05, 3.63) is 43.7 Å². The molecule has 25 heteroatoms. The number of nitrogens with one attached hydrogen (secondary N) is 4. The lowest BCUT2D eigenvalue weighted by molar-refractivity contribution is -0.138. The Balaban J connectivity index is 1.41. The predicted molar refractivity (Wildman–Crippen MR) is 281 cm³/mol. The van der Waals surface area contributed by atoms with Gasteiger partial charge in [-0.2, -0.15) is 0 Å². The SMILES string of the molecule is CC(=O)Nc1c(I)c(C(=O)OC(C)OC(=O)OCCNC(=O)Cc2c(I)c(C(=O)NCC3COC(C)(C)O3)c(I)c(C(=O)NCC3COC(C)(C)O3)c2I)c(I)c(N(C)C(C)=O)c1I. The van der Waals surface area contributed by atoms with Crippen molar-refractivity contribution in [1.29, 1.82) is 0 Å². The van der Waals surface area contributed by atoms with Gasteiger partial charge in [-0.25, -0.2) is 9.59 Å². The number of carbonyl (C=O) groups excluding carboxylic acids is 7. The summed E-state index contributed by atoms with van der Waals surface area (Å²) in [6.07, 6.45) is -3.65. The summed E-state index contributed by atoms with van der Waals surface area (Å²) in [6.45, 7) is 11.4. The standard InChI is InChI=1S/C39H45I6N5O14/c1-16(51)49-32-29(43)25(30(44)33(31(32)45)50(8)17(2)52)36(56)61-18(3)62-37(57)58-10-9-46-22(53)11-21-26(40)23(34(54)47-12-19-14-59-38(4,5)63-19)28(42)24(27(21)41)35(55)48-13-20-15-60-39(6,7)64-20/h18-20H,9-15H2,1-8H3,(H,46,53)(H,47,54)(H,48,55)(H,49,51). The van der Waals surface area contributed by atoms with Crippen molar-refractivity contribution < 1.29 is 66.7 Å². The van der Waals surface area contributed by atoms with Gasteiger partial charge in [-0.05, 0) is 169 Å². The molecule has 0 saturated carbocycles. The van der Waals surface area contributed by atoms with E-state index in [-0.39, 0.29) is 68.5 Å². The zero-order chi connectivity index (χ0) is 48.0. The minimum atomic E-state index is -1.43. The van der Waals surface area contributed by atoms with E-state index >= 15 is 0 Å². The molecule has 64 heavy (non-hydrogen) atoms. The Morgan fingerprint density at radius 2 is 1.23 bits per heavy atom. The summed E-state index contributed by atoms with van der Waals surface area (Å²) in [7, 11) is 1.53. The maximum atomic E-state index is 13.8. The van der Waals surface area contributed by atoms with E-state index in [2.05, 4.69) is 21.3 Å². The highest BCUT2D eigenvalue weighted by Crippen LogP contribution is 2.41. The van der Waals surface area contributed by atoms with E-state index in [0.717, 1.165) is 0 Å². The molecule has 0 radical (unpaired) electrons. The van der Waals surface area contributed by atoms with Crippen LogP contribution in [0.2, 0.25) is 0 Å². The van der Waals surface area contributed by atoms with Crippen molar-refractivity contribution in [3.63, 3.8) is 0 Å². The van der Waals surface area contributed by atoms with Crippen molar-refractivity contribution in [3.8, 4) is 0 Å². The molecule has 4 N–H and O–H groups in total. The molecule has 0 aromatic heterocycles. The lowest BCUT2D eigenvalue weighted by atomic mass is 10.0. The van der Waals surface area contributed by atoms with Gasteiger partial charge in [0, 0.05) is 51.6 Å². The summed E-state index contributed by atoms with van der Waals surface area (Å²) >= 11 is 11.7. The van der Waals surface area contributed by atoms with Crippen LogP contribution in [0.5, 0.6) is 0 Å². The lowest BCUT2D eigenvalue weighted by Crippen LogP contribution is -2.38. The second kappa shape index (κ2) is 23.9. The van der Waals surface area contributed by atoms with E-state index < -0.39 is 65.8 Å². The van der Waals surface area contributed by atoms with Gasteiger partial charge < -0.3 is 59.3 Å². The quantitative estimate of drug-likeness (QED) is 0.0650. The van der Waals surface area contributed by atoms with Crippen molar-refractivity contribution in [2.24, 2.45) is 0 Å². The minimum absolute atomic E-state index is 0.0359. The lowest BCUT2D eigenvalue weighted by Gasteiger charge is -2.24. The Labute approximate surface area is 451 Å². The van der Waals surface area contributed by atoms with Gasteiger partial charge in [-0.1, -0.05) is 0 Å².